The molecule has 3 aromatic rings. The number of hydrogen-bond donors (Lipinski definition) is 1. The van der Waals surface area contributed by atoms with Crippen molar-refractivity contribution in [1.82, 2.24) is 20.1 Å². The summed E-state index contributed by atoms with van der Waals surface area (Å²) in [5, 5.41) is 14.3. The monoisotopic (exact) mass is 600 g/mol. The molecule has 9 nitrogen and oxygen atoms in total. The zero-order chi connectivity index (χ0) is 28.9. The third-order valence-corrected chi connectivity index (χ3v) is 8.29. The molecule has 0 unspecified atom stereocenters. The predicted molar refractivity (Wildman–Crippen MR) is 157 cm³/mol. The molecule has 2 aromatic carbocycles. The van der Waals surface area contributed by atoms with E-state index in [1.807, 2.05) is 12.1 Å². The minimum absolute atomic E-state index is 0.0269. The zero-order valence-corrected chi connectivity index (χ0v) is 24.0. The van der Waals surface area contributed by atoms with E-state index in [9.17, 15) is 19.3 Å². The number of carbonyl (C=O) groups is 1. The molecule has 5 rings (SSSR count). The van der Waals surface area contributed by atoms with Gasteiger partial charge in [0.1, 0.15) is 11.6 Å². The summed E-state index contributed by atoms with van der Waals surface area (Å²) in [5.41, 5.74) is 1.86. The minimum Gasteiger partial charge on any atom is -0.353 e. The van der Waals surface area contributed by atoms with Gasteiger partial charge in [0.25, 0.3) is 11.6 Å². The van der Waals surface area contributed by atoms with Crippen LogP contribution in [0.3, 0.4) is 0 Å². The highest BCUT2D eigenvalue weighted by atomic mass is 35.5. The smallest absolute Gasteiger partial charge is 0.269 e. The Morgan fingerprint density at radius 3 is 2.37 bits per heavy atom. The molecule has 216 valence electrons. The maximum Gasteiger partial charge on any atom is 0.269 e. The Morgan fingerprint density at radius 1 is 1.02 bits per heavy atom. The van der Waals surface area contributed by atoms with Gasteiger partial charge in [0.15, 0.2) is 0 Å². The summed E-state index contributed by atoms with van der Waals surface area (Å²) in [6, 6.07) is 13.3. The van der Waals surface area contributed by atoms with Gasteiger partial charge in [-0.2, -0.15) is 0 Å². The second kappa shape index (κ2) is 13.1. The highest BCUT2D eigenvalue weighted by molar-refractivity contribution is 6.33. The first kappa shape index (κ1) is 29.2. The maximum absolute atomic E-state index is 14.0. The molecular formula is C29H31Cl2FN6O3. The Kier molecular flexibility index (Phi) is 9.34. The standard InChI is InChI=1S/C29H31Cl2FN6O3/c30-23-4-3-21(27(32)16-23)17-34-29(39)22-15-26(31)28(33-18-22)37-13-11-36(12-14-37)24-7-9-35(10-8-24)19-20-1-5-25(6-2-20)38(40)41/h1-6,15-16,18,24H,7-14,17,19H2,(H,34,39). The van der Waals surface area contributed by atoms with Gasteiger partial charge in [-0.25, -0.2) is 9.37 Å². The topological polar surface area (TPSA) is 94.9 Å². The molecule has 0 spiro atoms. The number of hydrogen-bond acceptors (Lipinski definition) is 7. The molecule has 0 atom stereocenters. The van der Waals surface area contributed by atoms with Gasteiger partial charge in [-0.1, -0.05) is 41.4 Å². The van der Waals surface area contributed by atoms with Crippen molar-refractivity contribution in [2.75, 3.05) is 44.2 Å². The first-order chi connectivity index (χ1) is 19.8. The van der Waals surface area contributed by atoms with Crippen molar-refractivity contribution in [3.63, 3.8) is 0 Å². The van der Waals surface area contributed by atoms with Crippen LogP contribution >= 0.6 is 23.2 Å². The highest BCUT2D eigenvalue weighted by Gasteiger charge is 2.28. The normalized spacial score (nSPS) is 17.0. The number of rotatable bonds is 8. The van der Waals surface area contributed by atoms with Gasteiger partial charge in [-0.3, -0.25) is 24.7 Å². The van der Waals surface area contributed by atoms with Crippen molar-refractivity contribution in [1.29, 1.82) is 0 Å². The van der Waals surface area contributed by atoms with Crippen LogP contribution in [0.25, 0.3) is 0 Å². The second-order valence-electron chi connectivity index (χ2n) is 10.4. The number of non-ortho nitro benzene ring substituents is 1. The largest absolute Gasteiger partial charge is 0.353 e. The van der Waals surface area contributed by atoms with Crippen molar-refractivity contribution in [3.8, 4) is 0 Å². The number of likely N-dealkylation sites (tertiary alicyclic amines) is 1. The van der Waals surface area contributed by atoms with Crippen LogP contribution in [-0.4, -0.2) is 70.9 Å². The van der Waals surface area contributed by atoms with Gasteiger partial charge in [0, 0.05) is 74.2 Å². The van der Waals surface area contributed by atoms with Gasteiger partial charge in [0.05, 0.1) is 15.5 Å². The number of nitro groups is 1. The van der Waals surface area contributed by atoms with E-state index >= 15 is 0 Å². The van der Waals surface area contributed by atoms with Gasteiger partial charge in [0.2, 0.25) is 0 Å². The number of nitrogens with one attached hydrogen (secondary N) is 1. The molecule has 12 heteroatoms. The third-order valence-electron chi connectivity index (χ3n) is 7.78. The number of anilines is 1. The van der Waals surface area contributed by atoms with Gasteiger partial charge in [-0.15, -0.1) is 0 Å². The number of piperidine rings is 1. The molecule has 3 heterocycles. The summed E-state index contributed by atoms with van der Waals surface area (Å²) in [6.07, 6.45) is 3.66. The molecule has 1 amide bonds. The molecule has 0 aliphatic carbocycles. The number of amides is 1. The lowest BCUT2D eigenvalue weighted by Gasteiger charge is -2.43. The predicted octanol–water partition coefficient (Wildman–Crippen LogP) is 5.15. The summed E-state index contributed by atoms with van der Waals surface area (Å²) in [6.45, 7) is 6.19. The SMILES string of the molecule is O=C(NCc1ccc(Cl)cc1F)c1cnc(N2CCN(C3CCN(Cc4ccc([N+](=O)[O-])cc4)CC3)CC2)c(Cl)c1. The molecule has 0 radical (unpaired) electrons. The highest BCUT2D eigenvalue weighted by Crippen LogP contribution is 2.27. The number of nitrogens with zero attached hydrogens (tertiary/aromatic N) is 5. The Bertz CT molecular complexity index is 1390. The number of piperazine rings is 1. The number of nitro benzene ring substituents is 1. The van der Waals surface area contributed by atoms with Crippen LogP contribution < -0.4 is 10.2 Å². The van der Waals surface area contributed by atoms with E-state index in [0.717, 1.165) is 64.2 Å². The average Bonchev–Trinajstić information content (AvgIpc) is 2.97. The van der Waals surface area contributed by atoms with Crippen LogP contribution in [0.2, 0.25) is 10.0 Å². The van der Waals surface area contributed by atoms with E-state index in [1.54, 1.807) is 24.3 Å². The molecular weight excluding hydrogens is 570 g/mol. The minimum atomic E-state index is -0.476. The number of carbonyl (C=O) groups excluding carboxylic acids is 1. The summed E-state index contributed by atoms with van der Waals surface area (Å²) in [7, 11) is 0. The van der Waals surface area contributed by atoms with Crippen LogP contribution in [-0.2, 0) is 13.1 Å². The van der Waals surface area contributed by atoms with Crippen LogP contribution in [0, 0.1) is 15.9 Å². The van der Waals surface area contributed by atoms with Gasteiger partial charge < -0.3 is 10.2 Å². The molecule has 2 aliphatic heterocycles. The van der Waals surface area contributed by atoms with E-state index in [1.165, 1.54) is 18.3 Å². The van der Waals surface area contributed by atoms with Crippen LogP contribution in [0.1, 0.15) is 34.3 Å². The maximum atomic E-state index is 14.0. The molecule has 1 N–H and O–H groups in total. The summed E-state index contributed by atoms with van der Waals surface area (Å²) in [5.74, 6) is -0.203. The molecule has 0 bridgehead atoms. The van der Waals surface area contributed by atoms with Crippen LogP contribution in [0.5, 0.6) is 0 Å². The Hall–Kier alpha value is -3.31. The number of halogens is 3. The van der Waals surface area contributed by atoms with E-state index in [2.05, 4.69) is 25.0 Å². The van der Waals surface area contributed by atoms with Crippen molar-refractivity contribution >= 4 is 40.6 Å². The number of pyridine rings is 1. The Labute approximate surface area is 248 Å². The van der Waals surface area contributed by atoms with Crippen molar-refractivity contribution in [3.05, 3.63) is 97.4 Å². The zero-order valence-electron chi connectivity index (χ0n) is 22.4. The van der Waals surface area contributed by atoms with E-state index in [4.69, 9.17) is 23.2 Å². The Morgan fingerprint density at radius 2 is 1.73 bits per heavy atom. The molecule has 41 heavy (non-hydrogen) atoms. The molecule has 1 aromatic heterocycles. The fourth-order valence-corrected chi connectivity index (χ4v) is 5.90. The fourth-order valence-electron chi connectivity index (χ4n) is 5.45. The quantitative estimate of drug-likeness (QED) is 0.282. The van der Waals surface area contributed by atoms with Crippen LogP contribution in [0.4, 0.5) is 15.9 Å². The number of benzene rings is 2. The lowest BCUT2D eigenvalue weighted by atomic mass is 10.0. The van der Waals surface area contributed by atoms with Crippen molar-refractivity contribution < 1.29 is 14.1 Å². The van der Waals surface area contributed by atoms with Crippen LogP contribution in [0.15, 0.2) is 54.7 Å². The van der Waals surface area contributed by atoms with E-state index in [-0.39, 0.29) is 23.1 Å². The summed E-state index contributed by atoms with van der Waals surface area (Å²) in [4.78, 5) is 34.7. The van der Waals surface area contributed by atoms with Gasteiger partial charge in [-0.05, 0) is 49.7 Å². The fraction of sp³-hybridized carbons (Fsp3) is 0.379. The average molecular weight is 602 g/mol. The first-order valence-corrected chi connectivity index (χ1v) is 14.3. The Balaban J connectivity index is 1.08. The van der Waals surface area contributed by atoms with Crippen molar-refractivity contribution in [2.24, 2.45) is 0 Å². The third kappa shape index (κ3) is 7.32. The first-order valence-electron chi connectivity index (χ1n) is 13.6. The van der Waals surface area contributed by atoms with E-state index < -0.39 is 5.82 Å². The summed E-state index contributed by atoms with van der Waals surface area (Å²) < 4.78 is 14.0. The summed E-state index contributed by atoms with van der Waals surface area (Å²) >= 11 is 12.3. The lowest BCUT2D eigenvalue weighted by Crippen LogP contribution is -2.53. The molecule has 2 aliphatic rings. The van der Waals surface area contributed by atoms with Crippen molar-refractivity contribution in [2.45, 2.75) is 32.0 Å². The second-order valence-corrected chi connectivity index (χ2v) is 11.2. The molecule has 2 saturated heterocycles. The van der Waals surface area contributed by atoms with Gasteiger partial charge >= 0.3 is 0 Å². The molecule has 0 saturated carbocycles. The van der Waals surface area contributed by atoms with E-state index in [0.29, 0.717) is 33.0 Å². The lowest BCUT2D eigenvalue weighted by molar-refractivity contribution is -0.384. The molecule has 2 fully saturated rings. The number of aromatic nitrogens is 1.